The molecule has 0 unspecified atom stereocenters. The van der Waals surface area contributed by atoms with E-state index in [2.05, 4.69) is 102 Å². The van der Waals surface area contributed by atoms with E-state index >= 15 is 0 Å². The van der Waals surface area contributed by atoms with Crippen molar-refractivity contribution < 1.29 is 38.8 Å². The van der Waals surface area contributed by atoms with E-state index in [0.717, 1.165) is 87.9 Å². The van der Waals surface area contributed by atoms with E-state index < -0.39 is 0 Å². The second-order valence-electron chi connectivity index (χ2n) is 17.4. The molecule has 3 aromatic carbocycles. The van der Waals surface area contributed by atoms with Crippen LogP contribution in [0.15, 0.2) is 81.5 Å². The average Bonchev–Trinajstić information content (AvgIpc) is 3.70. The fourth-order valence-corrected chi connectivity index (χ4v) is 7.16. The molecule has 3 heterocycles. The van der Waals surface area contributed by atoms with E-state index in [9.17, 15) is 9.90 Å². The Hall–Kier alpha value is -3.99. The number of hydrogen-bond acceptors (Lipinski definition) is 5. The SMILES string of the molecule is CCC(C)(CC)C(=O)/C=C(\O)C(C)(CC)CC.Cc1c(CC(C)C)oc2cc(-c3cc(-c4[c-]c5ccccc5c(C(C)(C)C)c4)nc4c(C)coc34)ccc12.[Ir]. The number of aliphatic hydroxyl groups is 1. The number of carbonyl (C=O) groups is 1. The summed E-state index contributed by atoms with van der Waals surface area (Å²) in [5.41, 5.74) is 9.48. The van der Waals surface area contributed by atoms with Crippen LogP contribution in [0.25, 0.3) is 55.2 Å². The molecule has 6 heteroatoms. The molecule has 0 spiro atoms. The third-order valence-electron chi connectivity index (χ3n) is 12.1. The van der Waals surface area contributed by atoms with Crippen LogP contribution in [-0.4, -0.2) is 15.9 Å². The zero-order valence-corrected chi connectivity index (χ0v) is 38.3. The summed E-state index contributed by atoms with van der Waals surface area (Å²) < 4.78 is 12.4. The summed E-state index contributed by atoms with van der Waals surface area (Å²) in [6.45, 7) is 27.5. The largest absolute Gasteiger partial charge is 0.512 e. The first-order valence-corrected chi connectivity index (χ1v) is 20.2. The molecule has 0 aliphatic heterocycles. The summed E-state index contributed by atoms with van der Waals surface area (Å²) in [4.78, 5) is 17.3. The molecular weight excluding hydrogens is 871 g/mol. The van der Waals surface area contributed by atoms with Gasteiger partial charge in [0.15, 0.2) is 11.4 Å². The minimum Gasteiger partial charge on any atom is -0.512 e. The predicted molar refractivity (Wildman–Crippen MR) is 231 cm³/mol. The molecule has 0 bridgehead atoms. The van der Waals surface area contributed by atoms with Crippen LogP contribution in [0.5, 0.6) is 0 Å². The minimum absolute atomic E-state index is 0. The van der Waals surface area contributed by atoms with Gasteiger partial charge in [-0.1, -0.05) is 124 Å². The van der Waals surface area contributed by atoms with Gasteiger partial charge in [-0.05, 0) is 68.1 Å². The molecule has 0 aliphatic carbocycles. The number of hydrogen-bond donors (Lipinski definition) is 1. The topological polar surface area (TPSA) is 76.5 Å². The standard InChI is InChI=1S/C35H34NO2.C15H28O2.Ir/c1-20(2)14-31-22(4)26-13-12-24(17-32(26)38-31)28-18-30(36-33-21(3)19-37-34(28)33)25-15-23-10-8-9-11-27(23)29(16-25)35(5,6)7;1-7-14(5,8-2)12(16)11-13(17)15(6,9-3)10-4;/h8-13,16-20H,14H2,1-7H3;11,16H,7-10H2,1-6H3;/q-1;;/b;12-11-;. The summed E-state index contributed by atoms with van der Waals surface area (Å²) in [5, 5.41) is 13.6. The van der Waals surface area contributed by atoms with Crippen molar-refractivity contribution in [3.8, 4) is 22.4 Å². The number of benzene rings is 3. The zero-order chi connectivity index (χ0) is 40.5. The quantitative estimate of drug-likeness (QED) is 0.0796. The smallest absolute Gasteiger partial charge is 0.164 e. The van der Waals surface area contributed by atoms with Crippen molar-refractivity contribution in [3.63, 3.8) is 0 Å². The van der Waals surface area contributed by atoms with Crippen LogP contribution >= 0.6 is 0 Å². The number of pyridine rings is 1. The van der Waals surface area contributed by atoms with Crippen molar-refractivity contribution in [3.05, 3.63) is 101 Å². The van der Waals surface area contributed by atoms with Crippen LogP contribution in [0.4, 0.5) is 0 Å². The summed E-state index contributed by atoms with van der Waals surface area (Å²) in [5.74, 6) is 1.90. The third kappa shape index (κ3) is 9.08. The van der Waals surface area contributed by atoms with Crippen molar-refractivity contribution >= 4 is 38.6 Å². The summed E-state index contributed by atoms with van der Waals surface area (Å²) in [7, 11) is 0. The molecule has 0 aliphatic rings. The number of aryl methyl sites for hydroxylation is 2. The average molecular weight is 933 g/mol. The maximum atomic E-state index is 12.2. The maximum absolute atomic E-state index is 12.2. The van der Waals surface area contributed by atoms with E-state index in [1.54, 1.807) is 6.26 Å². The second-order valence-corrected chi connectivity index (χ2v) is 17.4. The van der Waals surface area contributed by atoms with Crippen LogP contribution in [0, 0.1) is 36.7 Å². The van der Waals surface area contributed by atoms with Crippen molar-refractivity contribution in [1.29, 1.82) is 0 Å². The van der Waals surface area contributed by atoms with E-state index in [-0.39, 0.29) is 47.9 Å². The Bertz CT molecular complexity index is 2340. The molecule has 0 amide bonds. The Kier molecular flexibility index (Phi) is 14.1. The molecule has 1 radical (unpaired) electrons. The Morgan fingerprint density at radius 1 is 0.875 bits per heavy atom. The van der Waals surface area contributed by atoms with Gasteiger partial charge in [-0.15, -0.1) is 29.1 Å². The number of nitrogens with zero attached hydrogens (tertiary/aromatic N) is 1. The Labute approximate surface area is 348 Å². The first-order valence-electron chi connectivity index (χ1n) is 20.2. The van der Waals surface area contributed by atoms with Gasteiger partial charge in [0.2, 0.25) is 0 Å². The van der Waals surface area contributed by atoms with E-state index in [0.29, 0.717) is 5.92 Å². The van der Waals surface area contributed by atoms with Crippen LogP contribution in [0.2, 0.25) is 0 Å². The van der Waals surface area contributed by atoms with E-state index in [4.69, 9.17) is 13.8 Å². The molecule has 1 N–H and O–H groups in total. The van der Waals surface area contributed by atoms with Crippen molar-refractivity contribution in [2.45, 2.75) is 128 Å². The third-order valence-corrected chi connectivity index (χ3v) is 12.1. The Balaban J connectivity index is 0.000000330. The molecule has 301 valence electrons. The fourth-order valence-electron chi connectivity index (χ4n) is 7.16. The summed E-state index contributed by atoms with van der Waals surface area (Å²) >= 11 is 0. The van der Waals surface area contributed by atoms with Gasteiger partial charge < -0.3 is 13.9 Å². The molecular formula is C50H62IrNO4-. The van der Waals surface area contributed by atoms with Gasteiger partial charge in [0.25, 0.3) is 0 Å². The van der Waals surface area contributed by atoms with Gasteiger partial charge in [-0.2, -0.15) is 0 Å². The van der Waals surface area contributed by atoms with Crippen molar-refractivity contribution in [2.24, 2.45) is 16.7 Å². The first-order chi connectivity index (χ1) is 25.9. The van der Waals surface area contributed by atoms with Crippen molar-refractivity contribution in [1.82, 2.24) is 4.98 Å². The number of ketones is 1. The number of aliphatic hydroxyl groups excluding tert-OH is 1. The van der Waals surface area contributed by atoms with Gasteiger partial charge in [0.05, 0.1) is 6.26 Å². The van der Waals surface area contributed by atoms with Gasteiger partial charge in [0, 0.05) is 65.6 Å². The van der Waals surface area contributed by atoms with E-state index in [1.807, 2.05) is 48.5 Å². The molecule has 5 nitrogen and oxygen atoms in total. The maximum Gasteiger partial charge on any atom is 0.164 e. The number of fused-ring (bicyclic) bond motifs is 3. The Morgan fingerprint density at radius 3 is 2.12 bits per heavy atom. The second kappa shape index (κ2) is 17.7. The normalized spacial score (nSPS) is 12.6. The molecule has 0 saturated carbocycles. The van der Waals surface area contributed by atoms with Crippen LogP contribution in [0.1, 0.15) is 124 Å². The Morgan fingerprint density at radius 2 is 1.52 bits per heavy atom. The predicted octanol–water partition coefficient (Wildman–Crippen LogP) is 14.6. The van der Waals surface area contributed by atoms with Crippen LogP contribution in [0.3, 0.4) is 0 Å². The van der Waals surface area contributed by atoms with Gasteiger partial charge in [0.1, 0.15) is 22.6 Å². The molecule has 6 rings (SSSR count). The summed E-state index contributed by atoms with van der Waals surface area (Å²) in [6.07, 6.45) is 7.49. The number of rotatable bonds is 11. The number of furan rings is 2. The molecule has 3 aromatic heterocycles. The fraction of sp³-hybridized carbons (Fsp3) is 0.440. The minimum atomic E-state index is -0.337. The van der Waals surface area contributed by atoms with Gasteiger partial charge in [-0.25, -0.2) is 0 Å². The number of carbonyl (C=O) groups excluding carboxylic acids is 1. The molecule has 56 heavy (non-hydrogen) atoms. The molecule has 0 fully saturated rings. The number of aromatic nitrogens is 1. The van der Waals surface area contributed by atoms with Gasteiger partial charge >= 0.3 is 0 Å². The molecule has 0 saturated heterocycles. The molecule has 6 aromatic rings. The van der Waals surface area contributed by atoms with Crippen LogP contribution in [-0.2, 0) is 36.7 Å². The zero-order valence-electron chi connectivity index (χ0n) is 35.9. The monoisotopic (exact) mass is 933 g/mol. The molecule has 0 atom stereocenters. The van der Waals surface area contributed by atoms with Crippen LogP contribution < -0.4 is 0 Å². The van der Waals surface area contributed by atoms with E-state index in [1.165, 1.54) is 28.0 Å². The first kappa shape index (κ1) is 44.7. The summed E-state index contributed by atoms with van der Waals surface area (Å²) in [6, 6.07) is 23.0. The van der Waals surface area contributed by atoms with Gasteiger partial charge in [-0.3, -0.25) is 9.78 Å². The number of allylic oxidation sites excluding steroid dienone is 2. The van der Waals surface area contributed by atoms with Crippen molar-refractivity contribution in [2.75, 3.05) is 0 Å².